The van der Waals surface area contributed by atoms with E-state index in [2.05, 4.69) is 48.0 Å². The van der Waals surface area contributed by atoms with E-state index in [9.17, 15) is 0 Å². The number of hydrogen-bond acceptors (Lipinski definition) is 0. The van der Waals surface area contributed by atoms with Gasteiger partial charge in [-0.2, -0.15) is 0 Å². The highest BCUT2D eigenvalue weighted by atomic mass is 79.9. The minimum atomic E-state index is 0.551. The molecule has 1 aromatic carbocycles. The maximum Gasteiger partial charge on any atom is 0.0426 e. The van der Waals surface area contributed by atoms with Crippen LogP contribution in [0.3, 0.4) is 0 Å². The normalized spacial score (nSPS) is 20.2. The molecule has 0 radical (unpaired) electrons. The molecule has 0 spiro atoms. The summed E-state index contributed by atoms with van der Waals surface area (Å²) in [6, 6.07) is 6.85. The molecule has 1 aliphatic rings. The van der Waals surface area contributed by atoms with Crippen LogP contribution in [0.1, 0.15) is 66.5 Å². The molecule has 0 N–H and O–H groups in total. The lowest BCUT2D eigenvalue weighted by molar-refractivity contribution is 0.374. The average molecular weight is 309 g/mol. The molecule has 1 heteroatoms. The van der Waals surface area contributed by atoms with Crippen LogP contribution in [0.5, 0.6) is 0 Å². The Balaban J connectivity index is 2.12. The molecule has 1 fully saturated rings. The van der Waals surface area contributed by atoms with Crippen molar-refractivity contribution >= 4 is 15.9 Å². The van der Waals surface area contributed by atoms with Crippen molar-refractivity contribution in [2.75, 3.05) is 0 Å². The fourth-order valence-corrected chi connectivity index (χ4v) is 4.11. The third-order valence-corrected chi connectivity index (χ3v) is 5.54. The smallest absolute Gasteiger partial charge is 0.0426 e. The first-order chi connectivity index (χ1) is 8.68. The molecular weight excluding hydrogens is 284 g/mol. The monoisotopic (exact) mass is 308 g/mol. The number of halogens is 1. The van der Waals surface area contributed by atoms with Crippen LogP contribution in [0.15, 0.2) is 18.2 Å². The lowest BCUT2D eigenvalue weighted by atomic mass is 9.85. The van der Waals surface area contributed by atoms with Gasteiger partial charge in [0.2, 0.25) is 0 Å². The fraction of sp³-hybridized carbons (Fsp3) is 0.647. The number of hydrogen-bond donors (Lipinski definition) is 0. The Morgan fingerprint density at radius 2 is 1.61 bits per heavy atom. The highest BCUT2D eigenvalue weighted by Crippen LogP contribution is 2.40. The molecule has 2 rings (SSSR count). The zero-order valence-corrected chi connectivity index (χ0v) is 13.3. The van der Waals surface area contributed by atoms with Gasteiger partial charge in [0.15, 0.2) is 0 Å². The van der Waals surface area contributed by atoms with Gasteiger partial charge in [-0.3, -0.25) is 0 Å². The Morgan fingerprint density at radius 3 is 2.28 bits per heavy atom. The zero-order valence-electron chi connectivity index (χ0n) is 11.7. The van der Waals surface area contributed by atoms with Crippen LogP contribution >= 0.6 is 15.9 Å². The number of benzene rings is 1. The van der Waals surface area contributed by atoms with E-state index in [0.29, 0.717) is 4.83 Å². The van der Waals surface area contributed by atoms with Gasteiger partial charge in [0.1, 0.15) is 0 Å². The van der Waals surface area contributed by atoms with Gasteiger partial charge >= 0.3 is 0 Å². The Hall–Kier alpha value is -0.300. The predicted octanol–water partition coefficient (Wildman–Crippen LogP) is 6.10. The van der Waals surface area contributed by atoms with Crippen LogP contribution in [-0.4, -0.2) is 0 Å². The lowest BCUT2D eigenvalue weighted by Crippen LogP contribution is -2.11. The highest BCUT2D eigenvalue weighted by Gasteiger charge is 2.22. The summed E-state index contributed by atoms with van der Waals surface area (Å²) in [6.07, 6.45) is 9.93. The number of rotatable bonds is 2. The molecule has 1 saturated carbocycles. The summed E-state index contributed by atoms with van der Waals surface area (Å²) < 4.78 is 0. The molecule has 1 aliphatic carbocycles. The van der Waals surface area contributed by atoms with Gasteiger partial charge in [-0.15, -0.1) is 0 Å². The van der Waals surface area contributed by atoms with E-state index in [4.69, 9.17) is 0 Å². The third kappa shape index (κ3) is 3.60. The molecule has 0 aliphatic heterocycles. The SMILES string of the molecule is Cc1ccc(C)c(C(Br)C2CCCCCCC2)c1. The topological polar surface area (TPSA) is 0 Å². The van der Waals surface area contributed by atoms with Crippen molar-refractivity contribution in [3.05, 3.63) is 34.9 Å². The molecule has 100 valence electrons. The van der Waals surface area contributed by atoms with Crippen molar-refractivity contribution in [1.82, 2.24) is 0 Å². The first kappa shape index (κ1) is 14.1. The molecule has 1 unspecified atom stereocenters. The molecule has 18 heavy (non-hydrogen) atoms. The first-order valence-electron chi connectivity index (χ1n) is 7.39. The largest absolute Gasteiger partial charge is 0.0836 e. The van der Waals surface area contributed by atoms with Gasteiger partial charge in [-0.25, -0.2) is 0 Å². The zero-order chi connectivity index (χ0) is 13.0. The van der Waals surface area contributed by atoms with Gasteiger partial charge in [0, 0.05) is 4.83 Å². The predicted molar refractivity (Wildman–Crippen MR) is 83.4 cm³/mol. The first-order valence-corrected chi connectivity index (χ1v) is 8.31. The van der Waals surface area contributed by atoms with E-state index in [1.807, 2.05) is 0 Å². The quantitative estimate of drug-likeness (QED) is 0.579. The van der Waals surface area contributed by atoms with Crippen LogP contribution in [0.2, 0.25) is 0 Å². The van der Waals surface area contributed by atoms with Gasteiger partial charge in [-0.05, 0) is 43.7 Å². The van der Waals surface area contributed by atoms with E-state index in [1.165, 1.54) is 61.6 Å². The molecule has 0 aromatic heterocycles. The van der Waals surface area contributed by atoms with E-state index in [0.717, 1.165) is 5.92 Å². The summed E-state index contributed by atoms with van der Waals surface area (Å²) in [6.45, 7) is 4.44. The van der Waals surface area contributed by atoms with Gasteiger partial charge in [-0.1, -0.05) is 71.8 Å². The highest BCUT2D eigenvalue weighted by molar-refractivity contribution is 9.09. The second-order valence-electron chi connectivity index (χ2n) is 5.87. The summed E-state index contributed by atoms with van der Waals surface area (Å²) in [5.41, 5.74) is 4.33. The van der Waals surface area contributed by atoms with Gasteiger partial charge in [0.25, 0.3) is 0 Å². The number of alkyl halides is 1. The van der Waals surface area contributed by atoms with Crippen LogP contribution in [0.25, 0.3) is 0 Å². The molecule has 1 atom stereocenters. The summed E-state index contributed by atoms with van der Waals surface area (Å²) in [5.74, 6) is 0.825. The van der Waals surface area contributed by atoms with Crippen LogP contribution in [0.4, 0.5) is 0 Å². The summed E-state index contributed by atoms with van der Waals surface area (Å²) in [7, 11) is 0. The van der Waals surface area contributed by atoms with Crippen molar-refractivity contribution in [2.45, 2.75) is 63.6 Å². The van der Waals surface area contributed by atoms with Gasteiger partial charge in [0.05, 0.1) is 0 Å². The van der Waals surface area contributed by atoms with Crippen LogP contribution < -0.4 is 0 Å². The number of aryl methyl sites for hydroxylation is 2. The maximum absolute atomic E-state index is 3.99. The maximum atomic E-state index is 3.99. The molecule has 0 saturated heterocycles. The Kier molecular flexibility index (Phi) is 5.29. The van der Waals surface area contributed by atoms with E-state index in [-0.39, 0.29) is 0 Å². The average Bonchev–Trinajstić information content (AvgIpc) is 2.31. The Bertz CT molecular complexity index is 375. The van der Waals surface area contributed by atoms with E-state index in [1.54, 1.807) is 0 Å². The molecule has 0 amide bonds. The summed E-state index contributed by atoms with van der Waals surface area (Å²) in [4.78, 5) is 0.551. The van der Waals surface area contributed by atoms with Crippen molar-refractivity contribution < 1.29 is 0 Å². The van der Waals surface area contributed by atoms with Gasteiger partial charge < -0.3 is 0 Å². The van der Waals surface area contributed by atoms with Crippen LogP contribution in [0, 0.1) is 19.8 Å². The summed E-state index contributed by atoms with van der Waals surface area (Å²) in [5, 5.41) is 0. The van der Waals surface area contributed by atoms with Crippen molar-refractivity contribution in [1.29, 1.82) is 0 Å². The second kappa shape index (κ2) is 6.75. The minimum Gasteiger partial charge on any atom is -0.0836 e. The second-order valence-corrected chi connectivity index (χ2v) is 6.85. The standard InChI is InChI=1S/C17H25Br/c1-13-10-11-14(2)16(12-13)17(18)15-8-6-4-3-5-7-9-15/h10-12,15,17H,3-9H2,1-2H3. The molecule has 0 heterocycles. The van der Waals surface area contributed by atoms with Crippen LogP contribution in [-0.2, 0) is 0 Å². The molecule has 1 aromatic rings. The third-order valence-electron chi connectivity index (χ3n) is 4.30. The van der Waals surface area contributed by atoms with Crippen molar-refractivity contribution in [3.63, 3.8) is 0 Å². The molecule has 0 bridgehead atoms. The van der Waals surface area contributed by atoms with E-state index < -0.39 is 0 Å². The van der Waals surface area contributed by atoms with Crippen molar-refractivity contribution in [3.8, 4) is 0 Å². The fourth-order valence-electron chi connectivity index (χ4n) is 3.09. The lowest BCUT2D eigenvalue weighted by Gasteiger charge is -2.26. The Morgan fingerprint density at radius 1 is 1.00 bits per heavy atom. The Labute approximate surface area is 120 Å². The molecular formula is C17H25Br. The minimum absolute atomic E-state index is 0.551. The van der Waals surface area contributed by atoms with E-state index >= 15 is 0 Å². The summed E-state index contributed by atoms with van der Waals surface area (Å²) >= 11 is 3.99. The van der Waals surface area contributed by atoms with Crippen molar-refractivity contribution in [2.24, 2.45) is 5.92 Å². The molecule has 0 nitrogen and oxygen atoms in total.